The van der Waals surface area contributed by atoms with Crippen LogP contribution in [0.25, 0.3) is 16.5 Å². The van der Waals surface area contributed by atoms with Crippen LogP contribution in [0.5, 0.6) is 0 Å². The highest BCUT2D eigenvalue weighted by Crippen LogP contribution is 2.33. The highest BCUT2D eigenvalue weighted by Gasteiger charge is 2.27. The first-order valence-electron chi connectivity index (χ1n) is 9.09. The van der Waals surface area contributed by atoms with Gasteiger partial charge in [0.25, 0.3) is 0 Å². The molecular weight excluding hydrogens is 368 g/mol. The summed E-state index contributed by atoms with van der Waals surface area (Å²) in [7, 11) is 0. The molecule has 27 heavy (non-hydrogen) atoms. The zero-order valence-electron chi connectivity index (χ0n) is 14.8. The van der Waals surface area contributed by atoms with Gasteiger partial charge in [-0.3, -0.25) is 0 Å². The van der Waals surface area contributed by atoms with E-state index >= 15 is 0 Å². The molecule has 2 aliphatic rings. The number of rotatable bonds is 3. The van der Waals surface area contributed by atoms with E-state index in [-0.39, 0.29) is 17.9 Å². The van der Waals surface area contributed by atoms with E-state index in [2.05, 4.69) is 14.9 Å². The van der Waals surface area contributed by atoms with Crippen LogP contribution in [0.1, 0.15) is 24.8 Å². The molecule has 8 heteroatoms. The van der Waals surface area contributed by atoms with Crippen molar-refractivity contribution < 1.29 is 15.0 Å². The van der Waals surface area contributed by atoms with Gasteiger partial charge in [0.1, 0.15) is 5.82 Å². The third-order valence-corrected chi connectivity index (χ3v) is 5.53. The lowest BCUT2D eigenvalue weighted by Crippen LogP contribution is -2.33. The minimum absolute atomic E-state index is 0.0573. The molecule has 2 aliphatic heterocycles. The van der Waals surface area contributed by atoms with Crippen LogP contribution in [0.3, 0.4) is 0 Å². The molecule has 2 aromatic rings. The molecule has 0 saturated carbocycles. The Kier molecular flexibility index (Phi) is 4.88. The summed E-state index contributed by atoms with van der Waals surface area (Å²) in [6.45, 7) is 1.81. The van der Waals surface area contributed by atoms with E-state index in [9.17, 15) is 9.90 Å². The summed E-state index contributed by atoms with van der Waals surface area (Å²) in [5.74, 6) is 0.766. The number of aromatic nitrogens is 2. The van der Waals surface area contributed by atoms with Gasteiger partial charge in [-0.05, 0) is 54.1 Å². The summed E-state index contributed by atoms with van der Waals surface area (Å²) in [5, 5.41) is 19.8. The molecule has 2 N–H and O–H groups in total. The van der Waals surface area contributed by atoms with E-state index in [1.807, 2.05) is 24.3 Å². The van der Waals surface area contributed by atoms with Crippen LogP contribution in [-0.2, 0) is 0 Å². The average Bonchev–Trinajstić information content (AvgIpc) is 3.15. The van der Waals surface area contributed by atoms with Gasteiger partial charge >= 0.3 is 6.09 Å². The van der Waals surface area contributed by atoms with Crippen LogP contribution in [0.4, 0.5) is 10.6 Å². The third kappa shape index (κ3) is 3.44. The van der Waals surface area contributed by atoms with Gasteiger partial charge in [-0.2, -0.15) is 4.98 Å². The van der Waals surface area contributed by atoms with Crippen LogP contribution in [-0.4, -0.2) is 63.5 Å². The van der Waals surface area contributed by atoms with E-state index < -0.39 is 6.09 Å². The van der Waals surface area contributed by atoms with E-state index in [1.54, 1.807) is 0 Å². The van der Waals surface area contributed by atoms with Crippen LogP contribution >= 0.6 is 11.6 Å². The van der Waals surface area contributed by atoms with Gasteiger partial charge in [0.15, 0.2) is 0 Å². The van der Waals surface area contributed by atoms with Crippen LogP contribution in [0.15, 0.2) is 24.3 Å². The molecule has 0 bridgehead atoms. The summed E-state index contributed by atoms with van der Waals surface area (Å²) < 4.78 is 0. The Balaban J connectivity index is 1.70. The van der Waals surface area contributed by atoms with Crippen molar-refractivity contribution in [3.63, 3.8) is 0 Å². The average molecular weight is 389 g/mol. The van der Waals surface area contributed by atoms with Crippen LogP contribution in [0.2, 0.25) is 5.28 Å². The summed E-state index contributed by atoms with van der Waals surface area (Å²) >= 11 is 6.19. The first-order valence-corrected chi connectivity index (χ1v) is 9.46. The molecule has 1 fully saturated rings. The van der Waals surface area contributed by atoms with Gasteiger partial charge in [0.2, 0.25) is 5.28 Å². The van der Waals surface area contributed by atoms with Gasteiger partial charge < -0.3 is 20.0 Å². The monoisotopic (exact) mass is 388 g/mol. The minimum atomic E-state index is -0.892. The Labute approximate surface area is 161 Å². The quantitative estimate of drug-likeness (QED) is 0.785. The molecule has 7 nitrogen and oxygen atoms in total. The Morgan fingerprint density at radius 3 is 2.85 bits per heavy atom. The Hall–Kier alpha value is -2.38. The number of anilines is 1. The predicted molar refractivity (Wildman–Crippen MR) is 104 cm³/mol. The second-order valence-corrected chi connectivity index (χ2v) is 7.27. The maximum absolute atomic E-state index is 11.1. The number of benzene rings is 1. The van der Waals surface area contributed by atoms with Gasteiger partial charge in [-0.15, -0.1) is 0 Å². The van der Waals surface area contributed by atoms with Crippen molar-refractivity contribution in [2.45, 2.75) is 25.3 Å². The summed E-state index contributed by atoms with van der Waals surface area (Å²) in [4.78, 5) is 23.4. The van der Waals surface area contributed by atoms with Gasteiger partial charge in [-0.25, -0.2) is 9.78 Å². The molecule has 3 heterocycles. The second kappa shape index (κ2) is 7.32. The third-order valence-electron chi connectivity index (χ3n) is 5.36. The van der Waals surface area contributed by atoms with Crippen molar-refractivity contribution in [1.82, 2.24) is 14.9 Å². The number of fused-ring (bicyclic) bond motifs is 1. The first kappa shape index (κ1) is 18.0. The Bertz CT molecular complexity index is 917. The maximum atomic E-state index is 11.1. The number of halogens is 1. The Morgan fingerprint density at radius 1 is 1.30 bits per heavy atom. The van der Waals surface area contributed by atoms with Crippen molar-refractivity contribution in [3.05, 3.63) is 35.1 Å². The molecule has 0 radical (unpaired) electrons. The smallest absolute Gasteiger partial charge is 0.407 e. The molecule has 1 aromatic carbocycles. The fourth-order valence-corrected chi connectivity index (χ4v) is 4.08. The van der Waals surface area contributed by atoms with Crippen molar-refractivity contribution >= 4 is 40.0 Å². The minimum Gasteiger partial charge on any atom is -0.465 e. The molecule has 0 unspecified atom stereocenters. The zero-order valence-corrected chi connectivity index (χ0v) is 15.6. The van der Waals surface area contributed by atoms with E-state index in [4.69, 9.17) is 16.7 Å². The fraction of sp³-hybridized carbons (Fsp3) is 0.421. The molecule has 1 atom stereocenters. The molecule has 0 aliphatic carbocycles. The summed E-state index contributed by atoms with van der Waals surface area (Å²) in [5.41, 5.74) is 2.89. The number of aliphatic hydroxyl groups is 1. The number of carbonyl (C=O) groups is 1. The molecule has 1 aromatic heterocycles. The number of hydrogen-bond acceptors (Lipinski definition) is 5. The molecule has 1 saturated heterocycles. The molecular formula is C19H21ClN4O3. The highest BCUT2D eigenvalue weighted by molar-refractivity contribution is 6.28. The molecule has 4 rings (SSSR count). The number of aliphatic hydroxyl groups excluding tert-OH is 1. The second-order valence-electron chi connectivity index (χ2n) is 6.93. The van der Waals surface area contributed by atoms with E-state index in [1.165, 1.54) is 4.90 Å². The van der Waals surface area contributed by atoms with Crippen molar-refractivity contribution in [2.75, 3.05) is 31.1 Å². The molecule has 1 amide bonds. The number of amides is 1. The standard InChI is InChI=1S/C19H21ClN4O3/c20-18-21-16-10-13(12-5-8-23(9-6-12)19(26)27)3-4-15(16)17(22-18)24-7-1-2-14(24)11-25/h3-5,10,14,25H,1-2,6-9,11H2,(H,26,27)/t14-/m0/s1. The fourth-order valence-electron chi connectivity index (χ4n) is 3.91. The number of hydrogen-bond donors (Lipinski definition) is 2. The maximum Gasteiger partial charge on any atom is 0.407 e. The number of carboxylic acid groups (broad SMARTS) is 1. The van der Waals surface area contributed by atoms with Crippen molar-refractivity contribution in [1.29, 1.82) is 0 Å². The highest BCUT2D eigenvalue weighted by atomic mass is 35.5. The van der Waals surface area contributed by atoms with E-state index in [0.717, 1.165) is 47.2 Å². The van der Waals surface area contributed by atoms with Crippen molar-refractivity contribution in [3.8, 4) is 0 Å². The zero-order chi connectivity index (χ0) is 19.0. The summed E-state index contributed by atoms with van der Waals surface area (Å²) in [6, 6.07) is 6.06. The topological polar surface area (TPSA) is 89.8 Å². The molecule has 0 spiro atoms. The Morgan fingerprint density at radius 2 is 2.15 bits per heavy atom. The summed E-state index contributed by atoms with van der Waals surface area (Å²) in [6.07, 6.45) is 3.67. The van der Waals surface area contributed by atoms with Gasteiger partial charge in [0.05, 0.1) is 18.2 Å². The SMILES string of the molecule is O=C(O)N1CC=C(c2ccc3c(N4CCC[C@H]4CO)nc(Cl)nc3c2)CC1. The lowest BCUT2D eigenvalue weighted by atomic mass is 9.98. The van der Waals surface area contributed by atoms with Gasteiger partial charge in [-0.1, -0.05) is 12.1 Å². The van der Waals surface area contributed by atoms with Gasteiger partial charge in [0, 0.05) is 25.0 Å². The van der Waals surface area contributed by atoms with Crippen LogP contribution in [0, 0.1) is 0 Å². The first-order chi connectivity index (χ1) is 13.1. The predicted octanol–water partition coefficient (Wildman–Crippen LogP) is 3.01. The lowest BCUT2D eigenvalue weighted by Gasteiger charge is -2.26. The lowest BCUT2D eigenvalue weighted by molar-refractivity contribution is 0.150. The normalized spacial score (nSPS) is 20.2. The molecule has 142 valence electrons. The number of nitrogens with zero attached hydrogens (tertiary/aromatic N) is 4. The van der Waals surface area contributed by atoms with Crippen molar-refractivity contribution in [2.24, 2.45) is 0 Å². The van der Waals surface area contributed by atoms with E-state index in [0.29, 0.717) is 19.5 Å². The largest absolute Gasteiger partial charge is 0.465 e. The van der Waals surface area contributed by atoms with Crippen LogP contribution < -0.4 is 4.90 Å².